The molecule has 7 heteroatoms. The highest BCUT2D eigenvalue weighted by atomic mass is 79.9. The Labute approximate surface area is 154 Å². The van der Waals surface area contributed by atoms with Gasteiger partial charge in [0.1, 0.15) is 12.4 Å². The smallest absolute Gasteiger partial charge is 0.329 e. The van der Waals surface area contributed by atoms with E-state index in [1.54, 1.807) is 19.1 Å². The quantitative estimate of drug-likeness (QED) is 0.441. The van der Waals surface area contributed by atoms with Gasteiger partial charge in [0.15, 0.2) is 0 Å². The van der Waals surface area contributed by atoms with Gasteiger partial charge < -0.3 is 10.1 Å². The molecule has 0 radical (unpaired) electrons. The summed E-state index contributed by atoms with van der Waals surface area (Å²) in [7, 11) is 0. The van der Waals surface area contributed by atoms with Crippen LogP contribution in [0.1, 0.15) is 18.1 Å². The maximum absolute atomic E-state index is 11.4. The largest absolute Gasteiger partial charge is 0.488 e. The molecule has 0 spiro atoms. The summed E-state index contributed by atoms with van der Waals surface area (Å²) in [5.41, 5.74) is 3.99. The number of carbonyl (C=O) groups excluding carboxylic acids is 2. The number of likely N-dealkylation sites (N-methyl/N-ethyl adjacent to an activating group) is 1. The highest BCUT2D eigenvalue weighted by Crippen LogP contribution is 2.26. The maximum Gasteiger partial charge on any atom is 0.329 e. The van der Waals surface area contributed by atoms with E-state index in [0.29, 0.717) is 18.9 Å². The van der Waals surface area contributed by atoms with Crippen LogP contribution in [-0.4, -0.2) is 24.6 Å². The van der Waals surface area contributed by atoms with Gasteiger partial charge in [0, 0.05) is 6.54 Å². The molecular weight excluding hydrogens is 386 g/mol. The molecule has 0 aliphatic heterocycles. The zero-order valence-corrected chi connectivity index (χ0v) is 15.2. The number of rotatable bonds is 6. The van der Waals surface area contributed by atoms with E-state index in [1.165, 1.54) is 6.21 Å². The molecule has 0 fully saturated rings. The monoisotopic (exact) mass is 403 g/mol. The number of nitrogens with zero attached hydrogens (tertiary/aromatic N) is 1. The fourth-order valence-electron chi connectivity index (χ4n) is 1.91. The summed E-state index contributed by atoms with van der Waals surface area (Å²) < 4.78 is 6.53. The molecule has 25 heavy (non-hydrogen) atoms. The predicted molar refractivity (Wildman–Crippen MR) is 99.3 cm³/mol. The first-order valence-corrected chi connectivity index (χ1v) is 8.47. The predicted octanol–water partition coefficient (Wildman–Crippen LogP) is 2.61. The number of hydrazone groups is 1. The Morgan fingerprint density at radius 2 is 1.92 bits per heavy atom. The van der Waals surface area contributed by atoms with Gasteiger partial charge in [0.25, 0.3) is 0 Å². The van der Waals surface area contributed by atoms with Crippen LogP contribution < -0.4 is 15.5 Å². The third kappa shape index (κ3) is 6.04. The van der Waals surface area contributed by atoms with Crippen molar-refractivity contribution in [1.29, 1.82) is 0 Å². The van der Waals surface area contributed by atoms with Crippen molar-refractivity contribution in [2.75, 3.05) is 6.54 Å². The molecule has 2 N–H and O–H groups in total. The standard InChI is InChI=1S/C18H18BrN3O3/c1-2-20-17(23)18(24)22-21-11-14-8-9-16(15(19)10-14)25-12-13-6-4-3-5-7-13/h3-11H,2,12H2,1H3,(H,20,23)(H,22,24)/b21-11-. The van der Waals surface area contributed by atoms with Gasteiger partial charge in [0.2, 0.25) is 0 Å². The fraction of sp³-hybridized carbons (Fsp3) is 0.167. The zero-order valence-electron chi connectivity index (χ0n) is 13.7. The molecular formula is C18H18BrN3O3. The van der Waals surface area contributed by atoms with Crippen LogP contribution in [0.2, 0.25) is 0 Å². The van der Waals surface area contributed by atoms with Crippen molar-refractivity contribution in [1.82, 2.24) is 10.7 Å². The Morgan fingerprint density at radius 3 is 2.60 bits per heavy atom. The summed E-state index contributed by atoms with van der Waals surface area (Å²) in [5.74, 6) is -0.821. The molecule has 0 aliphatic rings. The van der Waals surface area contributed by atoms with Gasteiger partial charge in [-0.25, -0.2) is 5.43 Å². The maximum atomic E-state index is 11.4. The highest BCUT2D eigenvalue weighted by Gasteiger charge is 2.10. The first kappa shape index (κ1) is 18.7. The van der Waals surface area contributed by atoms with Gasteiger partial charge in [-0.1, -0.05) is 30.3 Å². The molecule has 130 valence electrons. The van der Waals surface area contributed by atoms with Crippen molar-refractivity contribution in [3.8, 4) is 5.75 Å². The van der Waals surface area contributed by atoms with Crippen LogP contribution in [0.5, 0.6) is 5.75 Å². The Hall–Kier alpha value is -2.67. The number of amides is 2. The number of hydrogen-bond donors (Lipinski definition) is 2. The second-order valence-corrected chi connectivity index (χ2v) is 5.88. The van der Waals surface area contributed by atoms with E-state index in [-0.39, 0.29) is 0 Å². The fourth-order valence-corrected chi connectivity index (χ4v) is 2.42. The number of benzene rings is 2. The highest BCUT2D eigenvalue weighted by molar-refractivity contribution is 9.10. The lowest BCUT2D eigenvalue weighted by Crippen LogP contribution is -2.37. The minimum absolute atomic E-state index is 0.382. The van der Waals surface area contributed by atoms with Crippen LogP contribution in [0.25, 0.3) is 0 Å². The number of halogens is 1. The molecule has 0 saturated carbocycles. The number of ether oxygens (including phenoxy) is 1. The summed E-state index contributed by atoms with van der Waals surface area (Å²) >= 11 is 3.45. The lowest BCUT2D eigenvalue weighted by Gasteiger charge is -2.08. The molecule has 0 atom stereocenters. The lowest BCUT2D eigenvalue weighted by molar-refractivity contribution is -0.139. The van der Waals surface area contributed by atoms with Gasteiger partial charge in [0.05, 0.1) is 10.7 Å². The molecule has 2 aromatic carbocycles. The van der Waals surface area contributed by atoms with Gasteiger partial charge in [-0.05, 0) is 52.2 Å². The van der Waals surface area contributed by atoms with Crippen LogP contribution in [-0.2, 0) is 16.2 Å². The van der Waals surface area contributed by atoms with Crippen molar-refractivity contribution < 1.29 is 14.3 Å². The minimum atomic E-state index is -0.806. The number of nitrogens with one attached hydrogen (secondary N) is 2. The molecule has 2 rings (SSSR count). The summed E-state index contributed by atoms with van der Waals surface area (Å²) in [6, 6.07) is 15.3. The third-order valence-corrected chi connectivity index (χ3v) is 3.74. The van der Waals surface area contributed by atoms with E-state index in [1.807, 2.05) is 36.4 Å². The first-order valence-electron chi connectivity index (χ1n) is 7.67. The molecule has 0 saturated heterocycles. The Kier molecular flexibility index (Phi) is 7.16. The van der Waals surface area contributed by atoms with Crippen molar-refractivity contribution in [3.05, 3.63) is 64.1 Å². The molecule has 0 heterocycles. The van der Waals surface area contributed by atoms with E-state index in [0.717, 1.165) is 15.6 Å². The van der Waals surface area contributed by atoms with Gasteiger partial charge in [-0.15, -0.1) is 0 Å². The summed E-state index contributed by atoms with van der Waals surface area (Å²) in [6.07, 6.45) is 1.45. The van der Waals surface area contributed by atoms with E-state index >= 15 is 0 Å². The van der Waals surface area contributed by atoms with Gasteiger partial charge >= 0.3 is 11.8 Å². The topological polar surface area (TPSA) is 79.8 Å². The van der Waals surface area contributed by atoms with Crippen molar-refractivity contribution in [3.63, 3.8) is 0 Å². The molecule has 0 unspecified atom stereocenters. The number of hydrogen-bond acceptors (Lipinski definition) is 4. The Bertz CT molecular complexity index is 763. The Morgan fingerprint density at radius 1 is 1.16 bits per heavy atom. The van der Waals surface area contributed by atoms with Gasteiger partial charge in [-0.2, -0.15) is 5.10 Å². The molecule has 6 nitrogen and oxygen atoms in total. The van der Waals surface area contributed by atoms with Gasteiger partial charge in [-0.3, -0.25) is 9.59 Å². The molecule has 0 aromatic heterocycles. The van der Waals surface area contributed by atoms with Crippen LogP contribution in [0, 0.1) is 0 Å². The van der Waals surface area contributed by atoms with Crippen molar-refractivity contribution in [2.45, 2.75) is 13.5 Å². The average Bonchev–Trinajstić information content (AvgIpc) is 2.62. The van der Waals surface area contributed by atoms with E-state index in [9.17, 15) is 9.59 Å². The molecule has 0 bridgehead atoms. The van der Waals surface area contributed by atoms with E-state index in [4.69, 9.17) is 4.74 Å². The summed E-state index contributed by atoms with van der Waals surface area (Å²) in [5, 5.41) is 6.15. The molecule has 0 aliphatic carbocycles. The lowest BCUT2D eigenvalue weighted by atomic mass is 10.2. The third-order valence-electron chi connectivity index (χ3n) is 3.12. The first-order chi connectivity index (χ1) is 12.1. The van der Waals surface area contributed by atoms with Crippen LogP contribution in [0.3, 0.4) is 0 Å². The summed E-state index contributed by atoms with van der Waals surface area (Å²) in [6.45, 7) is 2.58. The van der Waals surface area contributed by atoms with Crippen LogP contribution in [0.4, 0.5) is 0 Å². The molecule has 2 amide bonds. The second kappa shape index (κ2) is 9.58. The molecule has 2 aromatic rings. The van der Waals surface area contributed by atoms with Crippen LogP contribution in [0.15, 0.2) is 58.1 Å². The minimum Gasteiger partial charge on any atom is -0.488 e. The SMILES string of the molecule is CCNC(=O)C(=O)N/N=C\c1ccc(OCc2ccccc2)c(Br)c1. The average molecular weight is 404 g/mol. The van der Waals surface area contributed by atoms with Crippen molar-refractivity contribution in [2.24, 2.45) is 5.10 Å². The van der Waals surface area contributed by atoms with E-state index in [2.05, 4.69) is 31.8 Å². The van der Waals surface area contributed by atoms with E-state index < -0.39 is 11.8 Å². The van der Waals surface area contributed by atoms with Crippen LogP contribution >= 0.6 is 15.9 Å². The van der Waals surface area contributed by atoms with Crippen molar-refractivity contribution >= 4 is 34.0 Å². The zero-order chi connectivity index (χ0) is 18.1. The summed E-state index contributed by atoms with van der Waals surface area (Å²) in [4.78, 5) is 22.6. The normalized spacial score (nSPS) is 10.5. The Balaban J connectivity index is 1.91. The second-order valence-electron chi connectivity index (χ2n) is 5.02. The number of carbonyl (C=O) groups is 2.